The fourth-order valence-electron chi connectivity index (χ4n) is 2.58. The number of halogens is 1. The monoisotopic (exact) mass is 460 g/mol. The van der Waals surface area contributed by atoms with Crippen LogP contribution in [0.3, 0.4) is 0 Å². The van der Waals surface area contributed by atoms with Crippen molar-refractivity contribution in [3.8, 4) is 11.5 Å². The zero-order valence-corrected chi connectivity index (χ0v) is 17.9. The van der Waals surface area contributed by atoms with Crippen LogP contribution in [-0.2, 0) is 18.4 Å². The molecule has 1 heterocycles. The van der Waals surface area contributed by atoms with Gasteiger partial charge in [0.05, 0.1) is 7.11 Å². The second-order valence-electron chi connectivity index (χ2n) is 6.24. The van der Waals surface area contributed by atoms with Crippen molar-refractivity contribution in [1.29, 1.82) is 0 Å². The van der Waals surface area contributed by atoms with Crippen LogP contribution in [0, 0.1) is 6.92 Å². The number of nitrogens with one attached hydrogen (secondary N) is 2. The molecule has 10 heteroatoms. The molecular formula is C19H21BrN6O3. The molecule has 0 radical (unpaired) electrons. The van der Waals surface area contributed by atoms with Crippen molar-refractivity contribution >= 4 is 33.5 Å². The molecule has 152 valence electrons. The molecule has 0 saturated heterocycles. The summed E-state index contributed by atoms with van der Waals surface area (Å²) < 4.78 is 13.6. The Morgan fingerprint density at radius 2 is 1.97 bits per heavy atom. The summed E-state index contributed by atoms with van der Waals surface area (Å²) in [5, 5.41) is 17.2. The highest BCUT2D eigenvalue weighted by molar-refractivity contribution is 9.10. The normalized spacial score (nSPS) is 10.5. The van der Waals surface area contributed by atoms with Gasteiger partial charge in [-0.1, -0.05) is 38.7 Å². The maximum Gasteiger partial charge on any atom is 0.262 e. The van der Waals surface area contributed by atoms with Crippen LogP contribution in [0.5, 0.6) is 11.5 Å². The maximum atomic E-state index is 12.3. The second kappa shape index (κ2) is 9.37. The molecular weight excluding hydrogens is 440 g/mol. The Kier molecular flexibility index (Phi) is 6.65. The van der Waals surface area contributed by atoms with Crippen LogP contribution < -0.4 is 20.1 Å². The fraction of sp³-hybridized carbons (Fsp3) is 0.263. The molecule has 0 bridgehead atoms. The van der Waals surface area contributed by atoms with E-state index >= 15 is 0 Å². The molecule has 3 rings (SSSR count). The van der Waals surface area contributed by atoms with Gasteiger partial charge in [-0.25, -0.2) is 4.68 Å². The van der Waals surface area contributed by atoms with Crippen LogP contribution >= 0.6 is 15.9 Å². The summed E-state index contributed by atoms with van der Waals surface area (Å²) in [6.07, 6.45) is 0. The highest BCUT2D eigenvalue weighted by Crippen LogP contribution is 2.36. The molecule has 0 fully saturated rings. The quantitative estimate of drug-likeness (QED) is 0.532. The van der Waals surface area contributed by atoms with Gasteiger partial charge in [-0.3, -0.25) is 4.79 Å². The van der Waals surface area contributed by atoms with E-state index in [9.17, 15) is 4.79 Å². The summed E-state index contributed by atoms with van der Waals surface area (Å²) in [6, 6.07) is 11.2. The summed E-state index contributed by atoms with van der Waals surface area (Å²) >= 11 is 3.53. The van der Waals surface area contributed by atoms with E-state index in [0.717, 1.165) is 15.6 Å². The number of benzene rings is 2. The Balaban J connectivity index is 1.72. The van der Waals surface area contributed by atoms with Gasteiger partial charge in [0, 0.05) is 29.3 Å². The van der Waals surface area contributed by atoms with Crippen LogP contribution in [0.1, 0.15) is 11.1 Å². The van der Waals surface area contributed by atoms with Crippen LogP contribution in [0.2, 0.25) is 0 Å². The third-order valence-corrected chi connectivity index (χ3v) is 4.86. The molecule has 2 N–H and O–H groups in total. The van der Waals surface area contributed by atoms with Gasteiger partial charge in [-0.2, -0.15) is 0 Å². The number of carbonyl (C=O) groups is 1. The van der Waals surface area contributed by atoms with Gasteiger partial charge in [0.15, 0.2) is 18.1 Å². The molecule has 1 aromatic heterocycles. The molecule has 0 spiro atoms. The first kappa shape index (κ1) is 20.6. The second-order valence-corrected chi connectivity index (χ2v) is 7.09. The van der Waals surface area contributed by atoms with E-state index in [1.165, 1.54) is 4.68 Å². The lowest BCUT2D eigenvalue weighted by atomic mass is 10.2. The van der Waals surface area contributed by atoms with Crippen molar-refractivity contribution in [2.45, 2.75) is 13.5 Å². The maximum absolute atomic E-state index is 12.3. The van der Waals surface area contributed by atoms with Crippen LogP contribution in [0.25, 0.3) is 0 Å². The van der Waals surface area contributed by atoms with Gasteiger partial charge in [-0.15, -0.1) is 0 Å². The number of carbonyl (C=O) groups excluding carboxylic acids is 1. The van der Waals surface area contributed by atoms with Crippen molar-refractivity contribution in [3.63, 3.8) is 0 Å². The third-order valence-electron chi connectivity index (χ3n) is 4.11. The number of rotatable bonds is 8. The summed E-state index contributed by atoms with van der Waals surface area (Å²) in [6.45, 7) is 2.18. The molecule has 0 aliphatic rings. The first-order chi connectivity index (χ1) is 14.0. The van der Waals surface area contributed by atoms with Gasteiger partial charge < -0.3 is 20.1 Å². The lowest BCUT2D eigenvalue weighted by Gasteiger charge is -2.17. The topological polar surface area (TPSA) is 103 Å². The zero-order valence-electron chi connectivity index (χ0n) is 16.3. The minimum atomic E-state index is -0.271. The standard InChI is InChI=1S/C19H21BrN6O3/c1-12-4-6-13(7-5-12)22-17(27)11-29-18-14(15(20)8-9-16(18)28-3)10-21-19-23-24-25-26(19)2/h4-9H,10-11H2,1-3H3,(H,22,27)(H,21,23,25). The van der Waals surface area contributed by atoms with E-state index in [2.05, 4.69) is 42.1 Å². The van der Waals surface area contributed by atoms with Crippen LogP contribution in [0.15, 0.2) is 40.9 Å². The van der Waals surface area contributed by atoms with E-state index in [0.29, 0.717) is 29.7 Å². The van der Waals surface area contributed by atoms with Crippen molar-refractivity contribution in [1.82, 2.24) is 20.2 Å². The van der Waals surface area contributed by atoms with E-state index in [1.54, 1.807) is 20.2 Å². The number of ether oxygens (including phenoxy) is 2. The van der Waals surface area contributed by atoms with Gasteiger partial charge in [0.2, 0.25) is 5.95 Å². The molecule has 3 aromatic rings. The molecule has 0 aliphatic heterocycles. The Labute approximate surface area is 176 Å². The van der Waals surface area contributed by atoms with Crippen molar-refractivity contribution in [2.24, 2.45) is 7.05 Å². The molecule has 2 aromatic carbocycles. The van der Waals surface area contributed by atoms with Crippen molar-refractivity contribution in [3.05, 3.63) is 52.0 Å². The number of anilines is 2. The van der Waals surface area contributed by atoms with E-state index < -0.39 is 0 Å². The third kappa shape index (κ3) is 5.23. The first-order valence-electron chi connectivity index (χ1n) is 8.79. The van der Waals surface area contributed by atoms with E-state index in [1.807, 2.05) is 37.3 Å². The average Bonchev–Trinajstić information content (AvgIpc) is 3.12. The SMILES string of the molecule is COc1ccc(Br)c(CNc2nnnn2C)c1OCC(=O)Nc1ccc(C)cc1. The minimum Gasteiger partial charge on any atom is -0.493 e. The van der Waals surface area contributed by atoms with Crippen LogP contribution in [-0.4, -0.2) is 39.8 Å². The summed E-state index contributed by atoms with van der Waals surface area (Å²) in [5.41, 5.74) is 2.60. The number of hydrogen-bond acceptors (Lipinski definition) is 7. The number of hydrogen-bond donors (Lipinski definition) is 2. The summed E-state index contributed by atoms with van der Waals surface area (Å²) in [4.78, 5) is 12.3. The Hall–Kier alpha value is -3.14. The highest BCUT2D eigenvalue weighted by Gasteiger charge is 2.17. The molecule has 0 aliphatic carbocycles. The molecule has 1 amide bonds. The summed E-state index contributed by atoms with van der Waals surface area (Å²) in [7, 11) is 3.28. The predicted molar refractivity (Wildman–Crippen MR) is 112 cm³/mol. The zero-order chi connectivity index (χ0) is 20.8. The predicted octanol–water partition coefficient (Wildman–Crippen LogP) is 2.92. The van der Waals surface area contributed by atoms with Crippen LogP contribution in [0.4, 0.5) is 11.6 Å². The molecule has 0 saturated carbocycles. The van der Waals surface area contributed by atoms with Gasteiger partial charge >= 0.3 is 0 Å². The minimum absolute atomic E-state index is 0.167. The average molecular weight is 461 g/mol. The van der Waals surface area contributed by atoms with Gasteiger partial charge in [-0.05, 0) is 41.6 Å². The van der Waals surface area contributed by atoms with E-state index in [-0.39, 0.29) is 12.5 Å². The molecule has 0 unspecified atom stereocenters. The number of tetrazole rings is 1. The Morgan fingerprint density at radius 1 is 1.21 bits per heavy atom. The first-order valence-corrected chi connectivity index (χ1v) is 9.58. The number of methoxy groups -OCH3 is 1. The number of aryl methyl sites for hydroxylation is 2. The smallest absolute Gasteiger partial charge is 0.262 e. The lowest BCUT2D eigenvalue weighted by Crippen LogP contribution is -2.21. The summed E-state index contributed by atoms with van der Waals surface area (Å²) in [5.74, 6) is 1.21. The number of aromatic nitrogens is 4. The lowest BCUT2D eigenvalue weighted by molar-refractivity contribution is -0.118. The van der Waals surface area contributed by atoms with Gasteiger partial charge in [0.1, 0.15) is 0 Å². The molecule has 29 heavy (non-hydrogen) atoms. The Bertz CT molecular complexity index is 990. The number of amides is 1. The number of nitrogens with zero attached hydrogens (tertiary/aromatic N) is 4. The Morgan fingerprint density at radius 3 is 2.62 bits per heavy atom. The largest absolute Gasteiger partial charge is 0.493 e. The molecule has 9 nitrogen and oxygen atoms in total. The highest BCUT2D eigenvalue weighted by atomic mass is 79.9. The van der Waals surface area contributed by atoms with Crippen molar-refractivity contribution < 1.29 is 14.3 Å². The molecule has 0 atom stereocenters. The fourth-order valence-corrected chi connectivity index (χ4v) is 3.04. The van der Waals surface area contributed by atoms with Gasteiger partial charge in [0.25, 0.3) is 5.91 Å². The van der Waals surface area contributed by atoms with E-state index in [4.69, 9.17) is 9.47 Å². The van der Waals surface area contributed by atoms with Crippen molar-refractivity contribution in [2.75, 3.05) is 24.4 Å².